The average Bonchev–Trinajstić information content (AvgIpc) is 2.79. The molecular weight excluding hydrogens is 178 g/mol. The molecule has 0 saturated heterocycles. The molecule has 2 aliphatic rings. The van der Waals surface area contributed by atoms with E-state index in [2.05, 4.69) is 12.2 Å². The number of rotatable bonds is 3. The Hall–Kier alpha value is -1.30. The molecule has 1 fully saturated rings. The van der Waals surface area contributed by atoms with Crippen molar-refractivity contribution in [2.45, 2.75) is 19.3 Å². The minimum Gasteiger partial charge on any atom is -0.464 e. The van der Waals surface area contributed by atoms with Crippen LogP contribution >= 0.6 is 0 Å². The molecule has 3 nitrogen and oxygen atoms in total. The molecule has 0 heterocycles. The normalized spacial score (nSPS) is 32.9. The monoisotopic (exact) mass is 191 g/mol. The minimum atomic E-state index is -0.114. The van der Waals surface area contributed by atoms with Crippen LogP contribution in [0.5, 0.6) is 0 Å². The maximum absolute atomic E-state index is 11.5. The fraction of sp³-hybridized carbons (Fsp3) is 0.636. The summed E-state index contributed by atoms with van der Waals surface area (Å²) in [7, 11) is 0. The number of hydrogen-bond donors (Lipinski definition) is 0. The molecule has 3 atom stereocenters. The zero-order chi connectivity index (χ0) is 9.97. The maximum atomic E-state index is 11.5. The van der Waals surface area contributed by atoms with Gasteiger partial charge in [0.1, 0.15) is 6.61 Å². The van der Waals surface area contributed by atoms with Gasteiger partial charge in [0.25, 0.3) is 0 Å². The van der Waals surface area contributed by atoms with Gasteiger partial charge in [-0.2, -0.15) is 5.26 Å². The van der Waals surface area contributed by atoms with Crippen LogP contribution in [0.4, 0.5) is 0 Å². The predicted octanol–water partition coefficient (Wildman–Crippen LogP) is 1.66. The van der Waals surface area contributed by atoms with Gasteiger partial charge in [-0.3, -0.25) is 4.79 Å². The third kappa shape index (κ3) is 1.65. The molecular formula is C11H13NO2. The summed E-state index contributed by atoms with van der Waals surface area (Å²) in [6, 6.07) is 1.96. The highest BCUT2D eigenvalue weighted by Gasteiger charge is 2.40. The number of fused-ring (bicyclic) bond motifs is 2. The van der Waals surface area contributed by atoms with Crippen LogP contribution in [-0.4, -0.2) is 12.6 Å². The Morgan fingerprint density at radius 1 is 1.50 bits per heavy atom. The van der Waals surface area contributed by atoms with Gasteiger partial charge in [0.2, 0.25) is 0 Å². The third-order valence-corrected chi connectivity index (χ3v) is 3.04. The van der Waals surface area contributed by atoms with Crippen LogP contribution in [0, 0.1) is 29.1 Å². The Balaban J connectivity index is 1.82. The summed E-state index contributed by atoms with van der Waals surface area (Å²) in [5, 5.41) is 8.30. The Labute approximate surface area is 83.4 Å². The summed E-state index contributed by atoms with van der Waals surface area (Å²) in [6.45, 7) is 0.243. The Kier molecular flexibility index (Phi) is 2.53. The smallest absolute Gasteiger partial charge is 0.309 e. The van der Waals surface area contributed by atoms with Gasteiger partial charge in [0.15, 0.2) is 0 Å². The van der Waals surface area contributed by atoms with Gasteiger partial charge in [-0.05, 0) is 24.7 Å². The SMILES string of the molecule is N#CCCOC(=O)C1CC2C=CC1C2. The fourth-order valence-electron chi connectivity index (χ4n) is 2.36. The van der Waals surface area contributed by atoms with Crippen molar-refractivity contribution in [3.8, 4) is 6.07 Å². The average molecular weight is 191 g/mol. The third-order valence-electron chi connectivity index (χ3n) is 3.04. The second-order valence-corrected chi connectivity index (χ2v) is 3.96. The standard InChI is InChI=1S/C11H13NO2/c12-4-1-5-14-11(13)10-7-8-2-3-9(10)6-8/h2-3,8-10H,1,5-7H2. The summed E-state index contributed by atoms with van der Waals surface area (Å²) in [5.41, 5.74) is 0. The number of carbonyl (C=O) groups excluding carboxylic acids is 1. The quantitative estimate of drug-likeness (QED) is 0.387. The molecule has 0 aromatic rings. The number of nitrogens with zero attached hydrogens (tertiary/aromatic N) is 1. The van der Waals surface area contributed by atoms with Crippen molar-refractivity contribution in [3.05, 3.63) is 12.2 Å². The predicted molar refractivity (Wildman–Crippen MR) is 50.0 cm³/mol. The Bertz CT molecular complexity index is 303. The van der Waals surface area contributed by atoms with E-state index < -0.39 is 0 Å². The van der Waals surface area contributed by atoms with Gasteiger partial charge in [0.05, 0.1) is 18.4 Å². The number of allylic oxidation sites excluding steroid dienone is 2. The first-order valence-electron chi connectivity index (χ1n) is 5.03. The van der Waals surface area contributed by atoms with E-state index in [9.17, 15) is 4.79 Å². The molecule has 2 bridgehead atoms. The van der Waals surface area contributed by atoms with E-state index >= 15 is 0 Å². The summed E-state index contributed by atoms with van der Waals surface area (Å²) in [4.78, 5) is 11.5. The molecule has 74 valence electrons. The van der Waals surface area contributed by atoms with Crippen LogP contribution in [0.25, 0.3) is 0 Å². The number of hydrogen-bond acceptors (Lipinski definition) is 3. The van der Waals surface area contributed by atoms with Crippen LogP contribution < -0.4 is 0 Å². The molecule has 0 aromatic heterocycles. The number of carbonyl (C=O) groups is 1. The lowest BCUT2D eigenvalue weighted by Crippen LogP contribution is -2.21. The van der Waals surface area contributed by atoms with E-state index in [0.717, 1.165) is 12.8 Å². The van der Waals surface area contributed by atoms with Crippen LogP contribution in [0.3, 0.4) is 0 Å². The minimum absolute atomic E-state index is 0.0590. The van der Waals surface area contributed by atoms with Gasteiger partial charge in [-0.25, -0.2) is 0 Å². The number of ether oxygens (including phenoxy) is 1. The van der Waals surface area contributed by atoms with E-state index in [-0.39, 0.29) is 18.5 Å². The van der Waals surface area contributed by atoms with Crippen molar-refractivity contribution in [2.24, 2.45) is 17.8 Å². The first-order valence-corrected chi connectivity index (χ1v) is 5.03. The second kappa shape index (κ2) is 3.83. The molecule has 3 unspecified atom stereocenters. The molecule has 0 radical (unpaired) electrons. The van der Waals surface area contributed by atoms with Crippen molar-refractivity contribution < 1.29 is 9.53 Å². The van der Waals surface area contributed by atoms with Crippen LogP contribution in [-0.2, 0) is 9.53 Å². The van der Waals surface area contributed by atoms with E-state index in [4.69, 9.17) is 10.00 Å². The highest BCUT2D eigenvalue weighted by Crippen LogP contribution is 2.43. The fourth-order valence-corrected chi connectivity index (χ4v) is 2.36. The van der Waals surface area contributed by atoms with Crippen LogP contribution in [0.15, 0.2) is 12.2 Å². The molecule has 14 heavy (non-hydrogen) atoms. The second-order valence-electron chi connectivity index (χ2n) is 3.96. The first kappa shape index (κ1) is 9.26. The molecule has 3 heteroatoms. The molecule has 0 spiro atoms. The first-order chi connectivity index (χ1) is 6.81. The van der Waals surface area contributed by atoms with Gasteiger partial charge in [-0.15, -0.1) is 0 Å². The molecule has 0 amide bonds. The van der Waals surface area contributed by atoms with Crippen molar-refractivity contribution in [1.82, 2.24) is 0 Å². The highest BCUT2D eigenvalue weighted by atomic mass is 16.5. The molecule has 0 N–H and O–H groups in total. The number of esters is 1. The summed E-state index contributed by atoms with van der Waals surface area (Å²) in [5.74, 6) is 0.934. The zero-order valence-electron chi connectivity index (χ0n) is 7.98. The Morgan fingerprint density at radius 3 is 2.93 bits per heavy atom. The van der Waals surface area contributed by atoms with Gasteiger partial charge in [0, 0.05) is 0 Å². The lowest BCUT2D eigenvalue weighted by molar-refractivity contribution is -0.149. The van der Waals surface area contributed by atoms with E-state index in [1.54, 1.807) is 0 Å². The van der Waals surface area contributed by atoms with Gasteiger partial charge in [-0.1, -0.05) is 12.2 Å². The molecule has 1 saturated carbocycles. The number of nitriles is 1. The van der Waals surface area contributed by atoms with E-state index in [1.807, 2.05) is 6.07 Å². The van der Waals surface area contributed by atoms with Gasteiger partial charge >= 0.3 is 5.97 Å². The van der Waals surface area contributed by atoms with Crippen LogP contribution in [0.1, 0.15) is 19.3 Å². The highest BCUT2D eigenvalue weighted by molar-refractivity contribution is 5.74. The summed E-state index contributed by atoms with van der Waals surface area (Å²) >= 11 is 0. The summed E-state index contributed by atoms with van der Waals surface area (Å²) < 4.78 is 5.02. The zero-order valence-corrected chi connectivity index (χ0v) is 7.98. The van der Waals surface area contributed by atoms with E-state index in [1.165, 1.54) is 0 Å². The molecule has 2 aliphatic carbocycles. The largest absolute Gasteiger partial charge is 0.464 e. The lowest BCUT2D eigenvalue weighted by atomic mass is 9.94. The van der Waals surface area contributed by atoms with Crippen LogP contribution in [0.2, 0.25) is 0 Å². The van der Waals surface area contributed by atoms with Crippen molar-refractivity contribution in [3.63, 3.8) is 0 Å². The van der Waals surface area contributed by atoms with Crippen molar-refractivity contribution >= 4 is 5.97 Å². The lowest BCUT2D eigenvalue weighted by Gasteiger charge is -2.15. The maximum Gasteiger partial charge on any atom is 0.309 e. The molecule has 2 rings (SSSR count). The van der Waals surface area contributed by atoms with Crippen molar-refractivity contribution in [2.75, 3.05) is 6.61 Å². The van der Waals surface area contributed by atoms with Gasteiger partial charge < -0.3 is 4.74 Å². The van der Waals surface area contributed by atoms with Crippen molar-refractivity contribution in [1.29, 1.82) is 5.26 Å². The summed E-state index contributed by atoms with van der Waals surface area (Å²) in [6.07, 6.45) is 6.67. The van der Waals surface area contributed by atoms with E-state index in [0.29, 0.717) is 18.3 Å². The topological polar surface area (TPSA) is 50.1 Å². The Morgan fingerprint density at radius 2 is 2.36 bits per heavy atom. The molecule has 0 aromatic carbocycles. The molecule has 0 aliphatic heterocycles.